The van der Waals surface area contributed by atoms with Gasteiger partial charge in [-0.25, -0.2) is 0 Å². The predicted molar refractivity (Wildman–Crippen MR) is 44.6 cm³/mol. The Bertz CT molecular complexity index is 198. The van der Waals surface area contributed by atoms with Crippen LogP contribution in [0.2, 0.25) is 0 Å². The van der Waals surface area contributed by atoms with Crippen molar-refractivity contribution in [2.75, 3.05) is 0 Å². The number of nitrogens with zero attached hydrogens (tertiary/aromatic N) is 1. The van der Waals surface area contributed by atoms with Crippen molar-refractivity contribution in [3.8, 4) is 5.75 Å². The van der Waals surface area contributed by atoms with Gasteiger partial charge in [-0.05, 0) is 25.5 Å². The largest absolute Gasteiger partial charge is 0.489 e. The third-order valence-electron chi connectivity index (χ3n) is 1.55. The number of aromatic nitrogens is 1. The molecule has 0 amide bonds. The van der Waals surface area contributed by atoms with Crippen LogP contribution in [0.3, 0.4) is 0 Å². The van der Waals surface area contributed by atoms with E-state index >= 15 is 0 Å². The van der Waals surface area contributed by atoms with Crippen LogP contribution in [-0.2, 0) is 0 Å². The van der Waals surface area contributed by atoms with Crippen molar-refractivity contribution >= 4 is 0 Å². The Balaban J connectivity index is 2.51. The number of ether oxygens (including phenoxy) is 1. The highest BCUT2D eigenvalue weighted by Gasteiger charge is 1.98. The Labute approximate surface area is 67.2 Å². The molecule has 0 radical (unpaired) electrons. The average molecular weight is 151 g/mol. The molecule has 0 aliphatic heterocycles. The molecule has 0 spiro atoms. The van der Waals surface area contributed by atoms with Crippen LogP contribution < -0.4 is 4.74 Å². The highest BCUT2D eigenvalue weighted by atomic mass is 16.5. The standard InChI is InChI=1S/C9H13NO/c1-3-8(2)11-9-5-4-6-10-7-9/h4-8H,3H2,1-2H3. The molecule has 2 heteroatoms. The molecular weight excluding hydrogens is 138 g/mol. The lowest BCUT2D eigenvalue weighted by Crippen LogP contribution is -2.09. The summed E-state index contributed by atoms with van der Waals surface area (Å²) < 4.78 is 5.50. The van der Waals surface area contributed by atoms with Crippen LogP contribution in [0.5, 0.6) is 5.75 Å². The number of hydrogen-bond acceptors (Lipinski definition) is 2. The molecule has 1 rings (SSSR count). The van der Waals surface area contributed by atoms with E-state index in [0.29, 0.717) is 0 Å². The van der Waals surface area contributed by atoms with Gasteiger partial charge in [0.05, 0.1) is 12.3 Å². The first kappa shape index (κ1) is 8.05. The summed E-state index contributed by atoms with van der Waals surface area (Å²) >= 11 is 0. The van der Waals surface area contributed by atoms with Gasteiger partial charge in [0.25, 0.3) is 0 Å². The zero-order valence-corrected chi connectivity index (χ0v) is 6.95. The molecule has 2 nitrogen and oxygen atoms in total. The minimum Gasteiger partial charge on any atom is -0.489 e. The van der Waals surface area contributed by atoms with Crippen LogP contribution in [0, 0.1) is 0 Å². The SMILES string of the molecule is CCC(C)Oc1cccnc1. The van der Waals surface area contributed by atoms with Crippen molar-refractivity contribution in [3.05, 3.63) is 24.5 Å². The molecule has 1 heterocycles. The van der Waals surface area contributed by atoms with Gasteiger partial charge in [-0.2, -0.15) is 0 Å². The van der Waals surface area contributed by atoms with Crippen LogP contribution in [0.4, 0.5) is 0 Å². The summed E-state index contributed by atoms with van der Waals surface area (Å²) in [7, 11) is 0. The van der Waals surface area contributed by atoms with Crippen molar-refractivity contribution in [2.45, 2.75) is 26.4 Å². The maximum atomic E-state index is 5.50. The minimum absolute atomic E-state index is 0.277. The minimum atomic E-state index is 0.277. The van der Waals surface area contributed by atoms with E-state index in [9.17, 15) is 0 Å². The molecular formula is C9H13NO. The van der Waals surface area contributed by atoms with Gasteiger partial charge < -0.3 is 4.74 Å². The molecule has 0 N–H and O–H groups in total. The molecule has 0 saturated carbocycles. The maximum absolute atomic E-state index is 5.50. The first-order valence-corrected chi connectivity index (χ1v) is 3.89. The first-order valence-electron chi connectivity index (χ1n) is 3.89. The van der Waals surface area contributed by atoms with E-state index in [1.54, 1.807) is 12.4 Å². The van der Waals surface area contributed by atoms with E-state index in [2.05, 4.69) is 11.9 Å². The Morgan fingerprint density at radius 3 is 3.00 bits per heavy atom. The van der Waals surface area contributed by atoms with Gasteiger partial charge in [0.1, 0.15) is 5.75 Å². The van der Waals surface area contributed by atoms with E-state index in [4.69, 9.17) is 4.74 Å². The van der Waals surface area contributed by atoms with E-state index in [0.717, 1.165) is 12.2 Å². The maximum Gasteiger partial charge on any atom is 0.137 e. The molecule has 0 saturated heterocycles. The first-order chi connectivity index (χ1) is 5.33. The normalized spacial score (nSPS) is 12.5. The van der Waals surface area contributed by atoms with Gasteiger partial charge >= 0.3 is 0 Å². The van der Waals surface area contributed by atoms with Gasteiger partial charge in [-0.1, -0.05) is 6.92 Å². The molecule has 0 aromatic carbocycles. The molecule has 1 unspecified atom stereocenters. The highest BCUT2D eigenvalue weighted by Crippen LogP contribution is 2.09. The molecule has 0 fully saturated rings. The van der Waals surface area contributed by atoms with Crippen LogP contribution in [0.1, 0.15) is 20.3 Å². The molecule has 11 heavy (non-hydrogen) atoms. The van der Waals surface area contributed by atoms with Crippen molar-refractivity contribution < 1.29 is 4.74 Å². The summed E-state index contributed by atoms with van der Waals surface area (Å²) in [4.78, 5) is 3.95. The lowest BCUT2D eigenvalue weighted by Gasteiger charge is -2.10. The van der Waals surface area contributed by atoms with Crippen molar-refractivity contribution in [1.82, 2.24) is 4.98 Å². The van der Waals surface area contributed by atoms with Gasteiger partial charge in [0.2, 0.25) is 0 Å². The molecule has 1 aromatic heterocycles. The lowest BCUT2D eigenvalue weighted by atomic mass is 10.3. The van der Waals surface area contributed by atoms with Gasteiger partial charge in [0.15, 0.2) is 0 Å². The molecule has 0 bridgehead atoms. The third-order valence-corrected chi connectivity index (χ3v) is 1.55. The smallest absolute Gasteiger partial charge is 0.137 e. The molecule has 0 aliphatic rings. The van der Waals surface area contributed by atoms with Crippen LogP contribution >= 0.6 is 0 Å². The van der Waals surface area contributed by atoms with Crippen molar-refractivity contribution in [2.24, 2.45) is 0 Å². The van der Waals surface area contributed by atoms with E-state index in [1.807, 2.05) is 19.1 Å². The van der Waals surface area contributed by atoms with E-state index in [-0.39, 0.29) is 6.10 Å². The lowest BCUT2D eigenvalue weighted by molar-refractivity contribution is 0.216. The van der Waals surface area contributed by atoms with Crippen LogP contribution in [0.15, 0.2) is 24.5 Å². The number of pyridine rings is 1. The van der Waals surface area contributed by atoms with Crippen molar-refractivity contribution in [3.63, 3.8) is 0 Å². The predicted octanol–water partition coefficient (Wildman–Crippen LogP) is 2.26. The summed E-state index contributed by atoms with van der Waals surface area (Å²) in [6, 6.07) is 3.79. The quantitative estimate of drug-likeness (QED) is 0.661. The highest BCUT2D eigenvalue weighted by molar-refractivity contribution is 5.15. The third kappa shape index (κ3) is 2.58. The van der Waals surface area contributed by atoms with E-state index in [1.165, 1.54) is 0 Å². The summed E-state index contributed by atoms with van der Waals surface area (Å²) in [6.45, 7) is 4.15. The topological polar surface area (TPSA) is 22.1 Å². The fraction of sp³-hybridized carbons (Fsp3) is 0.444. The number of hydrogen-bond donors (Lipinski definition) is 0. The molecule has 1 aromatic rings. The second-order valence-electron chi connectivity index (χ2n) is 2.53. The van der Waals surface area contributed by atoms with E-state index < -0.39 is 0 Å². The van der Waals surface area contributed by atoms with Gasteiger partial charge in [-0.3, -0.25) is 4.98 Å². The van der Waals surface area contributed by atoms with Crippen molar-refractivity contribution in [1.29, 1.82) is 0 Å². The van der Waals surface area contributed by atoms with Gasteiger partial charge in [-0.15, -0.1) is 0 Å². The fourth-order valence-corrected chi connectivity index (χ4v) is 0.732. The Kier molecular flexibility index (Phi) is 2.90. The van der Waals surface area contributed by atoms with Crippen LogP contribution in [0.25, 0.3) is 0 Å². The summed E-state index contributed by atoms with van der Waals surface area (Å²) in [6.07, 6.45) is 4.77. The second-order valence-corrected chi connectivity index (χ2v) is 2.53. The van der Waals surface area contributed by atoms with Gasteiger partial charge in [0, 0.05) is 6.20 Å². The molecule has 0 aliphatic carbocycles. The molecule has 60 valence electrons. The Hall–Kier alpha value is -1.05. The summed E-state index contributed by atoms with van der Waals surface area (Å²) in [5.41, 5.74) is 0. The average Bonchev–Trinajstić information content (AvgIpc) is 2.06. The number of rotatable bonds is 3. The Morgan fingerprint density at radius 2 is 2.45 bits per heavy atom. The summed E-state index contributed by atoms with van der Waals surface area (Å²) in [5, 5.41) is 0. The molecule has 1 atom stereocenters. The van der Waals surface area contributed by atoms with Crippen LogP contribution in [-0.4, -0.2) is 11.1 Å². The zero-order valence-electron chi connectivity index (χ0n) is 6.95. The zero-order chi connectivity index (χ0) is 8.10. The fourth-order valence-electron chi connectivity index (χ4n) is 0.732. The Morgan fingerprint density at radius 1 is 1.64 bits per heavy atom. The monoisotopic (exact) mass is 151 g/mol. The second kappa shape index (κ2) is 3.96. The summed E-state index contributed by atoms with van der Waals surface area (Å²) in [5.74, 6) is 0.849.